The molecule has 0 radical (unpaired) electrons. The third-order valence-corrected chi connectivity index (χ3v) is 16.2. The fraction of sp³-hybridized carbons (Fsp3) is 0.338. The first kappa shape index (κ1) is 58.3. The zero-order chi connectivity index (χ0) is 55.0. The van der Waals surface area contributed by atoms with Gasteiger partial charge in [0.15, 0.2) is 0 Å². The van der Waals surface area contributed by atoms with Crippen molar-refractivity contribution >= 4 is 83.3 Å². The van der Waals surface area contributed by atoms with Crippen LogP contribution in [0.3, 0.4) is 0 Å². The molecule has 0 aliphatic carbocycles. The predicted octanol–water partition coefficient (Wildman–Crippen LogP) is 15.1. The smallest absolute Gasteiger partial charge is 0.131 e. The molecule has 0 aromatic heterocycles. The highest BCUT2D eigenvalue weighted by Gasteiger charge is 2.24. The van der Waals surface area contributed by atoms with Crippen LogP contribution in [-0.2, 0) is 38.5 Å². The summed E-state index contributed by atoms with van der Waals surface area (Å²) in [6.07, 6.45) is 6.45. The minimum atomic E-state index is 0.653. The van der Waals surface area contributed by atoms with Crippen LogP contribution in [0.15, 0.2) is 157 Å². The van der Waals surface area contributed by atoms with Crippen molar-refractivity contribution in [2.75, 3.05) is 80.2 Å². The Morgan fingerprint density at radius 3 is 1.58 bits per heavy atom. The Balaban J connectivity index is 0.000000154. The molecule has 408 valence electrons. The lowest BCUT2D eigenvalue weighted by Crippen LogP contribution is -2.30. The van der Waals surface area contributed by atoms with Gasteiger partial charge in [0.2, 0.25) is 0 Å². The van der Waals surface area contributed by atoms with Gasteiger partial charge in [-0.25, -0.2) is 0 Å². The maximum absolute atomic E-state index is 6.59. The summed E-state index contributed by atoms with van der Waals surface area (Å²) < 4.78 is 19.1. The number of hydrogen-bond donors (Lipinski definition) is 0. The van der Waals surface area contributed by atoms with Crippen molar-refractivity contribution in [3.05, 3.63) is 203 Å². The number of nitrogens with zero attached hydrogens (tertiary/aromatic N) is 6. The molecule has 3 aliphatic heterocycles. The fourth-order valence-electron chi connectivity index (χ4n) is 10.6. The number of methoxy groups -OCH3 is 2. The van der Waals surface area contributed by atoms with Gasteiger partial charge in [-0.3, -0.25) is 15.0 Å². The molecule has 78 heavy (non-hydrogen) atoms. The molecule has 7 aromatic rings. The lowest BCUT2D eigenvalue weighted by Gasteiger charge is -2.22. The van der Waals surface area contributed by atoms with Crippen LogP contribution >= 0.6 is 55.1 Å². The van der Waals surface area contributed by atoms with Gasteiger partial charge < -0.3 is 28.9 Å². The Morgan fingerprint density at radius 2 is 1.00 bits per heavy atom. The van der Waals surface area contributed by atoms with E-state index in [4.69, 9.17) is 47.4 Å². The van der Waals surface area contributed by atoms with E-state index in [-0.39, 0.29) is 0 Å². The molecule has 3 aliphatic rings. The minimum absolute atomic E-state index is 0.653. The maximum atomic E-state index is 6.59. The van der Waals surface area contributed by atoms with Crippen LogP contribution in [-0.4, -0.2) is 112 Å². The van der Waals surface area contributed by atoms with Crippen LogP contribution < -0.4 is 14.2 Å². The number of ether oxygens (including phenoxy) is 3. The molecule has 0 amide bonds. The molecule has 9 nitrogen and oxygen atoms in total. The molecule has 0 bridgehead atoms. The molecule has 0 spiro atoms. The first-order valence-corrected chi connectivity index (χ1v) is 29.7. The van der Waals surface area contributed by atoms with E-state index in [9.17, 15) is 0 Å². The van der Waals surface area contributed by atoms with Crippen molar-refractivity contribution in [2.45, 2.75) is 65.7 Å². The topological polar surface area (TPSA) is 74.5 Å². The number of aryl methyl sites for hydroxylation is 3. The summed E-state index contributed by atoms with van der Waals surface area (Å²) in [7, 11) is 5.53. The molecular weight excluding hydrogens is 1140 g/mol. The van der Waals surface area contributed by atoms with Gasteiger partial charge in [-0.2, -0.15) is 0 Å². The summed E-state index contributed by atoms with van der Waals surface area (Å²) in [4.78, 5) is 21.1. The largest absolute Gasteiger partial charge is 0.496 e. The van der Waals surface area contributed by atoms with Gasteiger partial charge in [-0.15, -0.1) is 0 Å². The molecule has 0 atom stereocenters. The first-order chi connectivity index (χ1) is 38.0. The molecule has 0 fully saturated rings. The normalized spacial score (nSPS) is 13.9. The van der Waals surface area contributed by atoms with Crippen LogP contribution in [0.1, 0.15) is 77.3 Å². The van der Waals surface area contributed by atoms with Gasteiger partial charge >= 0.3 is 0 Å². The second kappa shape index (κ2) is 28.9. The summed E-state index contributed by atoms with van der Waals surface area (Å²) >= 11 is 20.3. The van der Waals surface area contributed by atoms with Crippen LogP contribution in [0.5, 0.6) is 17.2 Å². The lowest BCUT2D eigenvalue weighted by molar-refractivity contribution is 0.336. The van der Waals surface area contributed by atoms with Crippen LogP contribution in [0.4, 0.5) is 0 Å². The molecule has 7 aromatic carbocycles. The van der Waals surface area contributed by atoms with Gasteiger partial charge in [0.05, 0.1) is 40.5 Å². The highest BCUT2D eigenvalue weighted by atomic mass is 79.9. The minimum Gasteiger partial charge on any atom is -0.496 e. The van der Waals surface area contributed by atoms with E-state index in [1.165, 1.54) is 49.7 Å². The van der Waals surface area contributed by atoms with Gasteiger partial charge in [-0.05, 0) is 152 Å². The molecule has 0 N–H and O–H groups in total. The highest BCUT2D eigenvalue weighted by Crippen LogP contribution is 2.33. The average Bonchev–Trinajstić information content (AvgIpc) is 4.27. The summed E-state index contributed by atoms with van der Waals surface area (Å²) in [6.45, 7) is 14.6. The molecule has 10 rings (SSSR count). The van der Waals surface area contributed by atoms with Crippen LogP contribution in [0.2, 0.25) is 10.0 Å². The fourth-order valence-corrected chi connectivity index (χ4v) is 12.0. The predicted molar refractivity (Wildman–Crippen MR) is 334 cm³/mol. The summed E-state index contributed by atoms with van der Waals surface area (Å²) in [6, 6.07) is 45.9. The van der Waals surface area contributed by atoms with E-state index < -0.39 is 0 Å². The third-order valence-electron chi connectivity index (χ3n) is 14.5. The number of benzene rings is 7. The Morgan fingerprint density at radius 1 is 0.500 bits per heavy atom. The van der Waals surface area contributed by atoms with Crippen molar-refractivity contribution < 1.29 is 14.2 Å². The van der Waals surface area contributed by atoms with Crippen molar-refractivity contribution in [3.63, 3.8) is 0 Å². The van der Waals surface area contributed by atoms with E-state index in [1.54, 1.807) is 14.2 Å². The quantitative estimate of drug-likeness (QED) is 0.0803. The summed E-state index contributed by atoms with van der Waals surface area (Å²) in [5.41, 5.74) is 10.8. The zero-order valence-electron chi connectivity index (χ0n) is 45.9. The Bertz CT molecular complexity index is 3250. The Kier molecular flexibility index (Phi) is 21.6. The number of fused-ring (bicyclic) bond motifs is 1. The molecule has 0 saturated carbocycles. The number of likely N-dealkylation sites (N-methyl/N-ethyl adjacent to an activating group) is 2. The number of rotatable bonds is 19. The first-order valence-electron chi connectivity index (χ1n) is 27.3. The van der Waals surface area contributed by atoms with Gasteiger partial charge in [0.25, 0.3) is 0 Å². The number of aliphatic imine (C=N–C) groups is 3. The van der Waals surface area contributed by atoms with Crippen molar-refractivity contribution in [3.8, 4) is 17.2 Å². The average molecular weight is 1220 g/mol. The molecular formula is C65H72Br2Cl2N6O3. The second-order valence-corrected chi connectivity index (χ2v) is 22.0. The van der Waals surface area contributed by atoms with E-state index in [0.717, 1.165) is 162 Å². The standard InChI is InChI=1S/C22H27BrN2O2.C22H21ClN2.C21H24BrClN2O/c1-4-25-14-13-24-22(25)19-7-6-8-21(27-5-2)18(19)11-9-16-15-17(23)10-12-20(16)26-3;1-25-15-14-24-22(25)20-10-5-11-21(23)19(20)13-12-17-8-4-7-16-6-2-3-9-18(16)17;1-3-12-25-13-11-24-21(25)18-5-4-6-19(23)17(18)9-7-15-14-16(22)8-10-20(15)26-2/h6-8,10,12,15H,4-5,9,11,13-14H2,1-3H3;2-11H,12-15H2,1H3;4-6,8,10,14H,3,7,9,11-13H2,1-2H3. The summed E-state index contributed by atoms with van der Waals surface area (Å²) in [5, 5.41) is 4.26. The van der Waals surface area contributed by atoms with Crippen LogP contribution in [0, 0.1) is 0 Å². The van der Waals surface area contributed by atoms with Crippen molar-refractivity contribution in [2.24, 2.45) is 15.0 Å². The third kappa shape index (κ3) is 14.5. The number of hydrogen-bond acceptors (Lipinski definition) is 9. The van der Waals surface area contributed by atoms with Crippen molar-refractivity contribution in [1.29, 1.82) is 0 Å². The van der Waals surface area contributed by atoms with E-state index in [1.807, 2.05) is 55.5 Å². The maximum Gasteiger partial charge on any atom is 0.131 e. The van der Waals surface area contributed by atoms with E-state index in [0.29, 0.717) is 6.61 Å². The SMILES string of the molecule is CCCN1CCN=C1c1cccc(Cl)c1CCc1cc(Br)ccc1OC.CCOc1cccc(C2=NCCN2CC)c1CCc1cc(Br)ccc1OC.CN1CCN=C1c1cccc(Cl)c1CCc1cccc2ccccc12. The molecule has 0 saturated heterocycles. The van der Waals surface area contributed by atoms with Gasteiger partial charge in [-0.1, -0.05) is 141 Å². The Hall–Kier alpha value is -5.85. The van der Waals surface area contributed by atoms with E-state index in [2.05, 4.69) is 157 Å². The molecule has 0 unspecified atom stereocenters. The summed E-state index contributed by atoms with van der Waals surface area (Å²) in [5.74, 6) is 6.03. The second-order valence-electron chi connectivity index (χ2n) is 19.4. The van der Waals surface area contributed by atoms with Gasteiger partial charge in [0.1, 0.15) is 34.8 Å². The van der Waals surface area contributed by atoms with Gasteiger partial charge in [0, 0.05) is 81.0 Å². The number of amidine groups is 3. The zero-order valence-corrected chi connectivity index (χ0v) is 50.6. The van der Waals surface area contributed by atoms with E-state index >= 15 is 0 Å². The monoisotopic (exact) mass is 1210 g/mol. The van der Waals surface area contributed by atoms with Crippen molar-refractivity contribution in [1.82, 2.24) is 14.7 Å². The Labute approximate surface area is 489 Å². The van der Waals surface area contributed by atoms with Crippen LogP contribution in [0.25, 0.3) is 10.8 Å². The molecule has 13 heteroatoms. The number of halogens is 4. The lowest BCUT2D eigenvalue weighted by atomic mass is 9.96. The molecule has 3 heterocycles. The highest BCUT2D eigenvalue weighted by molar-refractivity contribution is 9.10.